The zero-order valence-corrected chi connectivity index (χ0v) is 26.7. The summed E-state index contributed by atoms with van der Waals surface area (Å²) < 4.78 is 7.05. The van der Waals surface area contributed by atoms with Crippen LogP contribution in [0.1, 0.15) is 11.1 Å². The Morgan fingerprint density at radius 3 is 2.12 bits per heavy atom. The highest BCUT2D eigenvalue weighted by atomic mass is 32.1. The second kappa shape index (κ2) is 10.4. The van der Waals surface area contributed by atoms with Crippen LogP contribution in [0.5, 0.6) is 0 Å². The summed E-state index contributed by atoms with van der Waals surface area (Å²) in [4.78, 5) is 4.53. The van der Waals surface area contributed by atoms with Crippen LogP contribution in [0.2, 0.25) is 0 Å². The predicted octanol–water partition coefficient (Wildman–Crippen LogP) is 11.1. The van der Waals surface area contributed by atoms with E-state index in [-0.39, 0.29) is 0 Å². The third-order valence-electron chi connectivity index (χ3n) is 9.61. The highest BCUT2D eigenvalue weighted by Gasteiger charge is 2.18. The minimum atomic E-state index is 0.574. The number of benzene rings is 6. The van der Waals surface area contributed by atoms with Gasteiger partial charge in [0, 0.05) is 59.3 Å². The monoisotopic (exact) mass is 641 g/mol. The molecule has 0 aliphatic heterocycles. The zero-order valence-electron chi connectivity index (χ0n) is 25.9. The normalized spacial score (nSPS) is 11.6. The number of rotatable bonds is 3. The molecule has 5 nitrogen and oxygen atoms in total. The Morgan fingerprint density at radius 1 is 0.469 bits per heavy atom. The number of hydrogen-bond acceptors (Lipinski definition) is 4. The number of fused-ring (bicyclic) bond motifs is 9. The summed E-state index contributed by atoms with van der Waals surface area (Å²) in [7, 11) is 0. The minimum Gasteiger partial charge on any atom is -0.309 e. The van der Waals surface area contributed by atoms with Crippen molar-refractivity contribution in [2.75, 3.05) is 0 Å². The first-order valence-corrected chi connectivity index (χ1v) is 16.8. The Balaban J connectivity index is 1.20. The van der Waals surface area contributed by atoms with Gasteiger partial charge in [-0.15, -0.1) is 11.3 Å². The van der Waals surface area contributed by atoms with Crippen LogP contribution in [0.3, 0.4) is 0 Å². The molecule has 6 aromatic carbocycles. The van der Waals surface area contributed by atoms with Crippen LogP contribution in [-0.2, 0) is 0 Å². The fourth-order valence-electron chi connectivity index (χ4n) is 7.48. The van der Waals surface area contributed by atoms with E-state index in [1.807, 2.05) is 66.2 Å². The second-order valence-corrected chi connectivity index (χ2v) is 13.4. The van der Waals surface area contributed by atoms with Gasteiger partial charge >= 0.3 is 0 Å². The molecule has 0 fully saturated rings. The summed E-state index contributed by atoms with van der Waals surface area (Å²) in [6.07, 6.45) is 3.81. The van der Waals surface area contributed by atoms with Gasteiger partial charge in [0.1, 0.15) is 0 Å². The molecule has 0 saturated heterocycles. The van der Waals surface area contributed by atoms with Crippen LogP contribution in [-0.4, -0.2) is 14.1 Å². The van der Waals surface area contributed by atoms with Gasteiger partial charge in [0.2, 0.25) is 0 Å². The zero-order chi connectivity index (χ0) is 32.6. The molecular formula is C43H23N5S. The quantitative estimate of drug-likeness (QED) is 0.193. The van der Waals surface area contributed by atoms with Crippen LogP contribution >= 0.6 is 11.3 Å². The molecule has 0 spiro atoms. The van der Waals surface area contributed by atoms with Crippen LogP contribution in [0.25, 0.3) is 86.3 Å². The number of thiophene rings is 1. The number of aromatic nitrogens is 3. The first kappa shape index (κ1) is 27.4. The van der Waals surface area contributed by atoms with E-state index in [1.165, 1.54) is 25.6 Å². The smallest absolute Gasteiger partial charge is 0.0992 e. The summed E-state index contributed by atoms with van der Waals surface area (Å²) in [5, 5.41) is 26.8. The first-order valence-electron chi connectivity index (χ1n) is 16.0. The molecule has 0 atom stereocenters. The minimum absolute atomic E-state index is 0.574. The van der Waals surface area contributed by atoms with Gasteiger partial charge in [-0.2, -0.15) is 10.5 Å². The van der Waals surface area contributed by atoms with Crippen molar-refractivity contribution in [1.29, 1.82) is 10.5 Å². The second-order valence-electron chi connectivity index (χ2n) is 12.3. The molecule has 0 aliphatic carbocycles. The van der Waals surface area contributed by atoms with Gasteiger partial charge in [0.15, 0.2) is 0 Å². The van der Waals surface area contributed by atoms with E-state index in [0.717, 1.165) is 60.7 Å². The number of nitrogens with zero attached hydrogens (tertiary/aromatic N) is 5. The molecule has 0 bridgehead atoms. The van der Waals surface area contributed by atoms with Gasteiger partial charge in [0.25, 0.3) is 0 Å². The highest BCUT2D eigenvalue weighted by molar-refractivity contribution is 7.25. The molecule has 0 saturated carbocycles. The summed E-state index contributed by atoms with van der Waals surface area (Å²) in [6.45, 7) is 0. The lowest BCUT2D eigenvalue weighted by Gasteiger charge is -2.13. The molecular weight excluding hydrogens is 619 g/mol. The molecule has 49 heavy (non-hydrogen) atoms. The van der Waals surface area contributed by atoms with E-state index in [2.05, 4.69) is 111 Å². The molecule has 0 amide bonds. The van der Waals surface area contributed by atoms with Crippen molar-refractivity contribution in [3.05, 3.63) is 151 Å². The third kappa shape index (κ3) is 4.06. The van der Waals surface area contributed by atoms with E-state index >= 15 is 0 Å². The van der Waals surface area contributed by atoms with Crippen molar-refractivity contribution in [3.8, 4) is 34.6 Å². The molecule has 0 radical (unpaired) electrons. The van der Waals surface area contributed by atoms with Gasteiger partial charge in [-0.3, -0.25) is 4.98 Å². The van der Waals surface area contributed by atoms with Crippen LogP contribution in [0.4, 0.5) is 0 Å². The lowest BCUT2D eigenvalue weighted by atomic mass is 10.0. The average Bonchev–Trinajstić information content (AvgIpc) is 3.80. The van der Waals surface area contributed by atoms with Crippen molar-refractivity contribution in [3.63, 3.8) is 0 Å². The first-order chi connectivity index (χ1) is 24.2. The van der Waals surface area contributed by atoms with Gasteiger partial charge in [-0.1, -0.05) is 48.5 Å². The lowest BCUT2D eigenvalue weighted by Crippen LogP contribution is -1.97. The van der Waals surface area contributed by atoms with Gasteiger partial charge in [0.05, 0.1) is 51.5 Å². The molecule has 10 rings (SSSR count). The summed E-state index contributed by atoms with van der Waals surface area (Å²) in [5.41, 5.74) is 9.24. The van der Waals surface area contributed by atoms with Crippen molar-refractivity contribution in [1.82, 2.24) is 14.1 Å². The molecule has 226 valence electrons. The van der Waals surface area contributed by atoms with Crippen molar-refractivity contribution < 1.29 is 0 Å². The Kier molecular flexibility index (Phi) is 5.81. The highest BCUT2D eigenvalue weighted by Crippen LogP contribution is 2.41. The Bertz CT molecular complexity index is 3090. The third-order valence-corrected chi connectivity index (χ3v) is 10.7. The number of para-hydroxylation sites is 1. The van der Waals surface area contributed by atoms with E-state index in [0.29, 0.717) is 11.1 Å². The van der Waals surface area contributed by atoms with Gasteiger partial charge in [-0.25, -0.2) is 0 Å². The summed E-state index contributed by atoms with van der Waals surface area (Å²) in [6, 6.07) is 48.6. The molecule has 0 N–H and O–H groups in total. The average molecular weight is 642 g/mol. The summed E-state index contributed by atoms with van der Waals surface area (Å²) >= 11 is 1.83. The topological polar surface area (TPSA) is 70.3 Å². The lowest BCUT2D eigenvalue weighted by molar-refractivity contribution is 1.16. The van der Waals surface area contributed by atoms with Crippen LogP contribution < -0.4 is 0 Å². The number of hydrogen-bond donors (Lipinski definition) is 0. The fourth-order valence-corrected chi connectivity index (χ4v) is 8.60. The predicted molar refractivity (Wildman–Crippen MR) is 201 cm³/mol. The Morgan fingerprint density at radius 2 is 1.22 bits per heavy atom. The van der Waals surface area contributed by atoms with Crippen LogP contribution in [0, 0.1) is 22.7 Å². The molecule has 6 heteroatoms. The van der Waals surface area contributed by atoms with Crippen molar-refractivity contribution in [2.45, 2.75) is 0 Å². The van der Waals surface area contributed by atoms with E-state index in [9.17, 15) is 10.5 Å². The molecule has 4 aromatic heterocycles. The Labute approximate surface area is 284 Å². The maximum absolute atomic E-state index is 10.2. The SMILES string of the molecule is N#Cc1cc(-c2cccc(-n3c4cnccc4c4cc5sc6ccccc6c5cc43)c2)cc(-n2c3ccccc3c3cc(C#N)ccc32)c1. The molecule has 0 unspecified atom stereocenters. The van der Waals surface area contributed by atoms with E-state index < -0.39 is 0 Å². The van der Waals surface area contributed by atoms with Crippen molar-refractivity contribution >= 4 is 75.1 Å². The number of pyridine rings is 1. The maximum atomic E-state index is 10.2. The molecule has 0 aliphatic rings. The number of nitriles is 2. The summed E-state index contributed by atoms with van der Waals surface area (Å²) in [5.74, 6) is 0. The van der Waals surface area contributed by atoms with E-state index in [4.69, 9.17) is 0 Å². The van der Waals surface area contributed by atoms with Gasteiger partial charge < -0.3 is 9.13 Å². The van der Waals surface area contributed by atoms with Crippen LogP contribution in [0.15, 0.2) is 140 Å². The molecule has 4 heterocycles. The maximum Gasteiger partial charge on any atom is 0.0992 e. The Hall–Kier alpha value is -6.73. The van der Waals surface area contributed by atoms with E-state index in [1.54, 1.807) is 0 Å². The van der Waals surface area contributed by atoms with Crippen molar-refractivity contribution in [2.24, 2.45) is 0 Å². The van der Waals surface area contributed by atoms with Gasteiger partial charge in [-0.05, 0) is 90.0 Å². The fraction of sp³-hybridized carbons (Fsp3) is 0. The molecule has 10 aromatic rings. The standard InChI is InChI=1S/C43H23N5S/c44-23-26-12-13-39-35(18-26)32-8-1-3-10-38(32)48(39)31-17-27(24-45)16-29(20-31)28-6-5-7-30(19-28)47-40-21-37-34-9-2-4-11-42(34)49-43(37)22-36(40)33-14-15-46-25-41(33)47/h1-22,25H. The largest absolute Gasteiger partial charge is 0.309 e.